The summed E-state index contributed by atoms with van der Waals surface area (Å²) in [5, 5.41) is 2.88. The number of hydrogen-bond donors (Lipinski definition) is 1. The minimum absolute atomic E-state index is 0.0202. The number of carbonyl (C=O) groups excluding carboxylic acids is 2. The van der Waals surface area contributed by atoms with Crippen molar-refractivity contribution in [3.8, 4) is 0 Å². The van der Waals surface area contributed by atoms with Crippen molar-refractivity contribution in [2.45, 2.75) is 39.5 Å². The summed E-state index contributed by atoms with van der Waals surface area (Å²) in [5.74, 6) is 0.641. The Bertz CT molecular complexity index is 546. The van der Waals surface area contributed by atoms with Crippen LogP contribution in [0.3, 0.4) is 0 Å². The molecule has 0 radical (unpaired) electrons. The second kappa shape index (κ2) is 8.71. The summed E-state index contributed by atoms with van der Waals surface area (Å²) < 4.78 is 0. The van der Waals surface area contributed by atoms with Gasteiger partial charge in [0.1, 0.15) is 0 Å². The summed E-state index contributed by atoms with van der Waals surface area (Å²) in [4.78, 5) is 28.0. The average molecular weight is 331 g/mol. The molecule has 5 heteroatoms. The van der Waals surface area contributed by atoms with Gasteiger partial charge in [0, 0.05) is 32.7 Å². The predicted molar refractivity (Wildman–Crippen MR) is 96.1 cm³/mol. The fourth-order valence-electron chi connectivity index (χ4n) is 2.81. The lowest BCUT2D eigenvalue weighted by atomic mass is 10.0. The van der Waals surface area contributed by atoms with Crippen LogP contribution in [0.1, 0.15) is 44.2 Å². The highest BCUT2D eigenvalue weighted by Crippen LogP contribution is 2.15. The van der Waals surface area contributed by atoms with Gasteiger partial charge in [-0.2, -0.15) is 0 Å². The number of urea groups is 1. The molecule has 1 fully saturated rings. The van der Waals surface area contributed by atoms with Gasteiger partial charge in [-0.25, -0.2) is 4.79 Å². The number of nitrogens with one attached hydrogen (secondary N) is 1. The van der Waals surface area contributed by atoms with E-state index in [0.29, 0.717) is 45.1 Å². The maximum absolute atomic E-state index is 12.4. The van der Waals surface area contributed by atoms with E-state index in [1.165, 1.54) is 5.56 Å². The zero-order chi connectivity index (χ0) is 17.5. The van der Waals surface area contributed by atoms with Crippen LogP contribution in [0.2, 0.25) is 0 Å². The minimum Gasteiger partial charge on any atom is -0.339 e. The van der Waals surface area contributed by atoms with E-state index in [2.05, 4.69) is 31.3 Å². The molecule has 1 aliphatic rings. The van der Waals surface area contributed by atoms with E-state index in [4.69, 9.17) is 0 Å². The molecular formula is C19H29N3O2. The molecule has 5 nitrogen and oxygen atoms in total. The first-order valence-corrected chi connectivity index (χ1v) is 8.90. The highest BCUT2D eigenvalue weighted by Gasteiger charge is 2.23. The van der Waals surface area contributed by atoms with E-state index in [0.717, 1.165) is 12.0 Å². The number of amides is 3. The highest BCUT2D eigenvalue weighted by molar-refractivity contribution is 5.79. The Morgan fingerprint density at radius 2 is 1.62 bits per heavy atom. The first kappa shape index (κ1) is 18.3. The van der Waals surface area contributed by atoms with Crippen molar-refractivity contribution in [1.29, 1.82) is 0 Å². The molecule has 0 spiro atoms. The van der Waals surface area contributed by atoms with Crippen LogP contribution in [0.15, 0.2) is 24.3 Å². The van der Waals surface area contributed by atoms with E-state index in [-0.39, 0.29) is 11.9 Å². The second-order valence-electron chi connectivity index (χ2n) is 6.67. The summed E-state index contributed by atoms with van der Waals surface area (Å²) in [5.41, 5.74) is 2.34. The topological polar surface area (TPSA) is 52.7 Å². The van der Waals surface area contributed by atoms with Crippen LogP contribution >= 0.6 is 0 Å². The molecule has 1 aromatic rings. The summed E-state index contributed by atoms with van der Waals surface area (Å²) in [6.07, 6.45) is 1.36. The first-order valence-electron chi connectivity index (χ1n) is 8.90. The van der Waals surface area contributed by atoms with E-state index >= 15 is 0 Å². The molecule has 0 bridgehead atoms. The van der Waals surface area contributed by atoms with Crippen LogP contribution in [0.5, 0.6) is 0 Å². The Morgan fingerprint density at radius 3 is 2.17 bits per heavy atom. The smallest absolute Gasteiger partial charge is 0.317 e. The summed E-state index contributed by atoms with van der Waals surface area (Å²) in [7, 11) is 0. The molecule has 1 saturated heterocycles. The first-order chi connectivity index (χ1) is 11.5. The third-order valence-corrected chi connectivity index (χ3v) is 4.45. The van der Waals surface area contributed by atoms with Gasteiger partial charge in [0.15, 0.2) is 0 Å². The van der Waals surface area contributed by atoms with E-state index in [1.807, 2.05) is 24.0 Å². The third kappa shape index (κ3) is 4.98. The molecule has 1 aromatic carbocycles. The molecule has 0 aliphatic carbocycles. The van der Waals surface area contributed by atoms with Gasteiger partial charge in [-0.15, -0.1) is 0 Å². The van der Waals surface area contributed by atoms with Gasteiger partial charge in [0.05, 0.1) is 6.42 Å². The van der Waals surface area contributed by atoms with Crippen molar-refractivity contribution in [3.05, 3.63) is 35.4 Å². The van der Waals surface area contributed by atoms with E-state index in [1.54, 1.807) is 4.90 Å². The SMILES string of the molecule is CCCNC(=O)N1CCN(C(=O)Cc2ccc(C(C)C)cc2)CC1. The minimum atomic E-state index is -0.0202. The molecular weight excluding hydrogens is 302 g/mol. The molecule has 1 N–H and O–H groups in total. The predicted octanol–water partition coefficient (Wildman–Crippen LogP) is 2.62. The normalized spacial score (nSPS) is 14.8. The van der Waals surface area contributed by atoms with Crippen LogP contribution in [-0.4, -0.2) is 54.5 Å². The fourth-order valence-corrected chi connectivity index (χ4v) is 2.81. The number of piperazine rings is 1. The summed E-state index contributed by atoms with van der Waals surface area (Å²) in [6.45, 7) is 9.49. The molecule has 1 heterocycles. The molecule has 2 rings (SSSR count). The van der Waals surface area contributed by atoms with Gasteiger partial charge >= 0.3 is 6.03 Å². The van der Waals surface area contributed by atoms with E-state index < -0.39 is 0 Å². The maximum atomic E-state index is 12.4. The molecule has 0 atom stereocenters. The largest absolute Gasteiger partial charge is 0.339 e. The number of carbonyl (C=O) groups is 2. The summed E-state index contributed by atoms with van der Waals surface area (Å²) >= 11 is 0. The van der Waals surface area contributed by atoms with Gasteiger partial charge < -0.3 is 15.1 Å². The van der Waals surface area contributed by atoms with Crippen molar-refractivity contribution in [2.75, 3.05) is 32.7 Å². The van der Waals surface area contributed by atoms with Crippen molar-refractivity contribution in [3.63, 3.8) is 0 Å². The second-order valence-corrected chi connectivity index (χ2v) is 6.67. The molecule has 0 unspecified atom stereocenters. The Kier molecular flexibility index (Phi) is 6.64. The number of nitrogens with zero attached hydrogens (tertiary/aromatic N) is 2. The number of hydrogen-bond acceptors (Lipinski definition) is 2. The van der Waals surface area contributed by atoms with Crippen molar-refractivity contribution >= 4 is 11.9 Å². The lowest BCUT2D eigenvalue weighted by Crippen LogP contribution is -2.53. The van der Waals surface area contributed by atoms with Crippen LogP contribution < -0.4 is 5.32 Å². The molecule has 0 saturated carbocycles. The van der Waals surface area contributed by atoms with Crippen LogP contribution in [0, 0.1) is 0 Å². The van der Waals surface area contributed by atoms with Gasteiger partial charge in [-0.3, -0.25) is 4.79 Å². The van der Waals surface area contributed by atoms with Gasteiger partial charge in [0.25, 0.3) is 0 Å². The van der Waals surface area contributed by atoms with Crippen LogP contribution in [-0.2, 0) is 11.2 Å². The quantitative estimate of drug-likeness (QED) is 0.902. The van der Waals surface area contributed by atoms with Crippen molar-refractivity contribution < 1.29 is 9.59 Å². The molecule has 24 heavy (non-hydrogen) atoms. The van der Waals surface area contributed by atoms with Gasteiger partial charge in [0.2, 0.25) is 5.91 Å². The zero-order valence-corrected chi connectivity index (χ0v) is 15.0. The Labute approximate surface area is 145 Å². The van der Waals surface area contributed by atoms with Crippen molar-refractivity contribution in [1.82, 2.24) is 15.1 Å². The van der Waals surface area contributed by atoms with Gasteiger partial charge in [-0.1, -0.05) is 45.0 Å². The Hall–Kier alpha value is -2.04. The molecule has 1 aliphatic heterocycles. The van der Waals surface area contributed by atoms with Gasteiger partial charge in [-0.05, 0) is 23.5 Å². The van der Waals surface area contributed by atoms with Crippen LogP contribution in [0.25, 0.3) is 0 Å². The maximum Gasteiger partial charge on any atom is 0.317 e. The lowest BCUT2D eigenvalue weighted by Gasteiger charge is -2.34. The van der Waals surface area contributed by atoms with Crippen molar-refractivity contribution in [2.24, 2.45) is 0 Å². The summed E-state index contributed by atoms with van der Waals surface area (Å²) in [6, 6.07) is 8.27. The molecule has 3 amide bonds. The Morgan fingerprint density at radius 1 is 1.04 bits per heavy atom. The molecule has 132 valence electrons. The standard InChI is InChI=1S/C19H29N3O2/c1-4-9-20-19(24)22-12-10-21(11-13-22)18(23)14-16-5-7-17(8-6-16)15(2)3/h5-8,15H,4,9-14H2,1-3H3,(H,20,24). The van der Waals surface area contributed by atoms with E-state index in [9.17, 15) is 9.59 Å². The average Bonchev–Trinajstić information content (AvgIpc) is 2.60. The highest BCUT2D eigenvalue weighted by atomic mass is 16.2. The Balaban J connectivity index is 1.81. The molecule has 0 aromatic heterocycles. The third-order valence-electron chi connectivity index (χ3n) is 4.45. The number of benzene rings is 1. The van der Waals surface area contributed by atoms with Crippen LogP contribution in [0.4, 0.5) is 4.79 Å². The number of rotatable bonds is 5. The fraction of sp³-hybridized carbons (Fsp3) is 0.579. The monoisotopic (exact) mass is 331 g/mol. The zero-order valence-electron chi connectivity index (χ0n) is 15.0. The lowest BCUT2D eigenvalue weighted by molar-refractivity contribution is -0.131.